The number of thiazole rings is 1. The molecule has 1 aromatic heterocycles. The van der Waals surface area contributed by atoms with E-state index < -0.39 is 33.9 Å². The van der Waals surface area contributed by atoms with Crippen molar-refractivity contribution >= 4 is 95.7 Å². The number of carbonyl (C=O) groups is 3. The second kappa shape index (κ2) is 12.5. The number of likely N-dealkylation sites (tertiary alicyclic amines) is 1. The number of benzene rings is 2. The molecule has 0 radical (unpaired) electrons. The summed E-state index contributed by atoms with van der Waals surface area (Å²) < 4.78 is 4.97. The number of hydrogen-bond donors (Lipinski definition) is 1. The number of rotatable bonds is 11. The van der Waals surface area contributed by atoms with Gasteiger partial charge in [0.15, 0.2) is 10.4 Å². The van der Waals surface area contributed by atoms with Crippen molar-refractivity contribution in [2.75, 3.05) is 5.88 Å². The Morgan fingerprint density at radius 3 is 2.55 bits per heavy atom. The first-order chi connectivity index (χ1) is 18.1. The van der Waals surface area contributed by atoms with E-state index in [-0.39, 0.29) is 18.2 Å². The van der Waals surface area contributed by atoms with Crippen molar-refractivity contribution in [2.24, 2.45) is 0 Å². The fraction of sp³-hybridized carbons (Fsp3) is 0.280. The molecule has 3 unspecified atom stereocenters. The minimum atomic E-state index is -1.97. The van der Waals surface area contributed by atoms with Gasteiger partial charge in [-0.2, -0.15) is 0 Å². The van der Waals surface area contributed by atoms with E-state index in [0.717, 1.165) is 20.1 Å². The lowest BCUT2D eigenvalue weighted by Crippen LogP contribution is -2.73. The number of β-lactam (4-membered cyclic amide) rings is 1. The van der Waals surface area contributed by atoms with Gasteiger partial charge in [-0.25, -0.2) is 9.78 Å². The molecule has 2 amide bonds. The summed E-state index contributed by atoms with van der Waals surface area (Å²) in [5.74, 6) is -2.02. The van der Waals surface area contributed by atoms with E-state index in [0.29, 0.717) is 5.57 Å². The minimum absolute atomic E-state index is 0.107. The van der Waals surface area contributed by atoms with Gasteiger partial charge in [-0.15, -0.1) is 22.9 Å². The van der Waals surface area contributed by atoms with Gasteiger partial charge in [0.2, 0.25) is 11.8 Å². The number of hydrogen-bond acceptors (Lipinski definition) is 8. The summed E-state index contributed by atoms with van der Waals surface area (Å²) in [6, 6.07) is 14.9. The third kappa shape index (κ3) is 6.78. The van der Waals surface area contributed by atoms with Crippen LogP contribution in [0.15, 0.2) is 71.1 Å². The maximum absolute atomic E-state index is 13.3. The Bertz CT molecular complexity index is 1320. The first kappa shape index (κ1) is 29.0. The van der Waals surface area contributed by atoms with Crippen LogP contribution in [-0.4, -0.2) is 55.5 Å². The predicted octanol–water partition coefficient (Wildman–Crippen LogP) is 5.79. The van der Waals surface area contributed by atoms with Crippen LogP contribution in [0, 0.1) is 0 Å². The fourth-order valence-corrected chi connectivity index (χ4v) is 7.93. The number of carbonyl (C=O) groups excluding carboxylic acids is 3. The molecule has 7 nitrogen and oxygen atoms in total. The molecule has 4 rings (SSSR count). The molecule has 1 saturated heterocycles. The smallest absolute Gasteiger partial charge is 0.335 e. The van der Waals surface area contributed by atoms with E-state index in [1.54, 1.807) is 6.92 Å². The van der Waals surface area contributed by atoms with Crippen molar-refractivity contribution in [1.29, 1.82) is 0 Å². The van der Waals surface area contributed by atoms with Crippen molar-refractivity contribution in [3.05, 3.63) is 72.3 Å². The molecule has 200 valence electrons. The molecule has 1 fully saturated rings. The molecular formula is C25H22Cl3N3O4S3. The summed E-state index contributed by atoms with van der Waals surface area (Å²) in [5.41, 5.74) is 2.01. The summed E-state index contributed by atoms with van der Waals surface area (Å²) in [6.07, 6.45) is 0.107. The van der Waals surface area contributed by atoms with Crippen LogP contribution in [0.2, 0.25) is 0 Å². The number of fused-ring (bicyclic) bond motifs is 1. The zero-order valence-electron chi connectivity index (χ0n) is 19.9. The van der Waals surface area contributed by atoms with Gasteiger partial charge in [-0.1, -0.05) is 83.0 Å². The lowest BCUT2D eigenvalue weighted by atomic mass is 9.99. The molecule has 1 aliphatic rings. The van der Waals surface area contributed by atoms with Gasteiger partial charge in [-0.05, 0) is 41.0 Å². The molecule has 0 spiro atoms. The maximum atomic E-state index is 13.3. The van der Waals surface area contributed by atoms with E-state index in [1.807, 2.05) is 54.6 Å². The van der Waals surface area contributed by atoms with Crippen LogP contribution in [0.4, 0.5) is 0 Å². The van der Waals surface area contributed by atoms with Crippen molar-refractivity contribution in [3.63, 3.8) is 0 Å². The number of alkyl halides is 3. The summed E-state index contributed by atoms with van der Waals surface area (Å²) in [7, 11) is 2.65. The Balaban J connectivity index is 1.55. The van der Waals surface area contributed by atoms with Crippen LogP contribution < -0.4 is 5.32 Å². The zero-order chi connectivity index (χ0) is 27.4. The van der Waals surface area contributed by atoms with Crippen molar-refractivity contribution in [3.8, 4) is 0 Å². The second-order valence-corrected chi connectivity index (χ2v) is 13.7. The van der Waals surface area contributed by atoms with E-state index >= 15 is 0 Å². The Morgan fingerprint density at radius 1 is 1.21 bits per heavy atom. The van der Waals surface area contributed by atoms with Crippen LogP contribution in [0.1, 0.15) is 12.5 Å². The quantitative estimate of drug-likeness (QED) is 0.0943. The molecule has 0 aliphatic carbocycles. The average Bonchev–Trinajstić information content (AvgIpc) is 3.30. The molecule has 1 N–H and O–H groups in total. The lowest BCUT2D eigenvalue weighted by Gasteiger charge is -2.49. The Labute approximate surface area is 246 Å². The first-order valence-corrected chi connectivity index (χ1v) is 15.6. The molecule has 0 bridgehead atoms. The van der Waals surface area contributed by atoms with Gasteiger partial charge in [-0.3, -0.25) is 9.59 Å². The zero-order valence-corrected chi connectivity index (χ0v) is 24.7. The molecule has 1 aliphatic heterocycles. The van der Waals surface area contributed by atoms with Gasteiger partial charge in [0.1, 0.15) is 11.4 Å². The van der Waals surface area contributed by atoms with Crippen LogP contribution in [0.5, 0.6) is 0 Å². The Kier molecular flexibility index (Phi) is 9.54. The largest absolute Gasteiger partial charge is 0.426 e. The predicted molar refractivity (Wildman–Crippen MR) is 156 cm³/mol. The number of nitrogens with zero attached hydrogens (tertiary/aromatic N) is 2. The summed E-state index contributed by atoms with van der Waals surface area (Å²) in [6.45, 7) is 5.46. The van der Waals surface area contributed by atoms with Crippen LogP contribution in [0.3, 0.4) is 0 Å². The molecular weight excluding hydrogens is 609 g/mol. The number of esters is 1. The van der Waals surface area contributed by atoms with Gasteiger partial charge < -0.3 is 15.0 Å². The standard InChI is InChI=1S/C25H22Cl3N3O4S3/c1-14(2)20(23(34)35-25(27,28)13-26)31-21(33)19(30-18(32)12-15-8-4-3-5-9-15)22(31)37-38-24-29-16-10-6-7-11-17(16)36-24/h3-11,19-20,22H,1,12-13H2,2H3,(H,30,32). The minimum Gasteiger partial charge on any atom is -0.426 e. The van der Waals surface area contributed by atoms with Gasteiger partial charge in [0.05, 0.1) is 22.5 Å². The number of halogens is 3. The van der Waals surface area contributed by atoms with Crippen LogP contribution in [-0.2, 0) is 25.5 Å². The summed E-state index contributed by atoms with van der Waals surface area (Å²) in [5, 5.41) is 2.18. The number of nitrogens with one attached hydrogen (secondary N) is 1. The highest BCUT2D eigenvalue weighted by Gasteiger charge is 2.54. The van der Waals surface area contributed by atoms with Gasteiger partial charge >= 0.3 is 5.97 Å². The van der Waals surface area contributed by atoms with E-state index in [2.05, 4.69) is 16.9 Å². The maximum Gasteiger partial charge on any atom is 0.335 e. The highest BCUT2D eigenvalue weighted by Crippen LogP contribution is 2.45. The van der Waals surface area contributed by atoms with Crippen LogP contribution in [0.25, 0.3) is 10.2 Å². The van der Waals surface area contributed by atoms with Crippen molar-refractivity contribution in [1.82, 2.24) is 15.2 Å². The number of para-hydroxylation sites is 1. The van der Waals surface area contributed by atoms with Crippen molar-refractivity contribution < 1.29 is 19.1 Å². The highest BCUT2D eigenvalue weighted by atomic mass is 35.5. The monoisotopic (exact) mass is 629 g/mol. The number of aromatic nitrogens is 1. The van der Waals surface area contributed by atoms with Crippen LogP contribution >= 0.6 is 67.7 Å². The molecule has 2 aromatic carbocycles. The van der Waals surface area contributed by atoms with Gasteiger partial charge in [0.25, 0.3) is 4.52 Å². The summed E-state index contributed by atoms with van der Waals surface area (Å²) in [4.78, 5) is 45.1. The fourth-order valence-electron chi connectivity index (χ4n) is 3.76. The normalized spacial score (nSPS) is 18.1. The SMILES string of the molecule is C=C(C)C(C(=O)OC(Cl)(Cl)CCl)N1C(=O)C(NC(=O)Cc2ccccc2)C1SSc1nc2ccccc2s1. The molecule has 13 heteroatoms. The topological polar surface area (TPSA) is 88.6 Å². The number of amides is 2. The molecule has 0 saturated carbocycles. The lowest BCUT2D eigenvalue weighted by molar-refractivity contribution is -0.164. The van der Waals surface area contributed by atoms with Gasteiger partial charge in [0, 0.05) is 0 Å². The average molecular weight is 631 g/mol. The third-order valence-electron chi connectivity index (χ3n) is 5.47. The van der Waals surface area contributed by atoms with E-state index in [1.165, 1.54) is 37.8 Å². The third-order valence-corrected chi connectivity index (χ3v) is 10.6. The second-order valence-electron chi connectivity index (χ2n) is 8.41. The Morgan fingerprint density at radius 2 is 1.89 bits per heavy atom. The first-order valence-electron chi connectivity index (χ1n) is 11.3. The molecule has 3 aromatic rings. The number of ether oxygens (including phenoxy) is 1. The molecule has 3 atom stereocenters. The molecule has 38 heavy (non-hydrogen) atoms. The Hall–Kier alpha value is -1.95. The van der Waals surface area contributed by atoms with E-state index in [4.69, 9.17) is 39.5 Å². The van der Waals surface area contributed by atoms with E-state index in [9.17, 15) is 14.4 Å². The highest BCUT2D eigenvalue weighted by molar-refractivity contribution is 8.77. The van der Waals surface area contributed by atoms with Crippen molar-refractivity contribution in [2.45, 2.75) is 39.7 Å². The molecule has 2 heterocycles. The summed E-state index contributed by atoms with van der Waals surface area (Å²) >= 11 is 19.1.